The number of alkyl halides is 3. The summed E-state index contributed by atoms with van der Waals surface area (Å²) >= 11 is 17.8. The maximum atomic E-state index is 12.4. The van der Waals surface area contributed by atoms with Crippen LogP contribution in [-0.4, -0.2) is 58.7 Å². The third-order valence-electron chi connectivity index (χ3n) is 3.23. The number of benzene rings is 1. The first-order chi connectivity index (χ1) is 10.6. The average molecular weight is 378 g/mol. The SMILES string of the molecule is CN1C(=O)C(=NC(N(C)C)C(Cl)(Cl)Cl)N(c2ccccc2)C1=O. The third kappa shape index (κ3) is 3.61. The van der Waals surface area contributed by atoms with E-state index in [2.05, 4.69) is 4.99 Å². The second-order valence-electron chi connectivity index (χ2n) is 5.15. The molecule has 1 aromatic rings. The molecule has 0 bridgehead atoms. The van der Waals surface area contributed by atoms with Crippen molar-refractivity contribution >= 4 is 58.3 Å². The summed E-state index contributed by atoms with van der Waals surface area (Å²) in [7, 11) is 4.70. The van der Waals surface area contributed by atoms with Crippen molar-refractivity contribution in [2.24, 2.45) is 4.99 Å². The van der Waals surface area contributed by atoms with Crippen molar-refractivity contribution in [3.63, 3.8) is 0 Å². The fourth-order valence-corrected chi connectivity index (χ4v) is 2.83. The van der Waals surface area contributed by atoms with Gasteiger partial charge in [-0.1, -0.05) is 53.0 Å². The molecule has 124 valence electrons. The minimum atomic E-state index is -1.76. The Bertz CT molecular complexity index is 643. The molecule has 0 N–H and O–H groups in total. The maximum Gasteiger partial charge on any atom is 0.337 e. The molecule has 3 amide bonds. The monoisotopic (exact) mass is 376 g/mol. The number of hydrogen-bond donors (Lipinski definition) is 0. The van der Waals surface area contributed by atoms with Crippen molar-refractivity contribution in [1.29, 1.82) is 0 Å². The number of carbonyl (C=O) groups excluding carboxylic acids is 2. The van der Waals surface area contributed by atoms with E-state index in [-0.39, 0.29) is 5.84 Å². The summed E-state index contributed by atoms with van der Waals surface area (Å²) in [6, 6.07) is 8.18. The summed E-state index contributed by atoms with van der Waals surface area (Å²) in [5.41, 5.74) is 0.510. The molecule has 0 spiro atoms. The molecular formula is C14H15Cl3N4O2. The first-order valence-electron chi connectivity index (χ1n) is 6.62. The normalized spacial score (nSPS) is 19.2. The van der Waals surface area contributed by atoms with Crippen molar-refractivity contribution in [1.82, 2.24) is 9.80 Å². The highest BCUT2D eigenvalue weighted by atomic mass is 35.6. The summed E-state index contributed by atoms with van der Waals surface area (Å²) in [4.78, 5) is 32.7. The molecule has 0 aromatic heterocycles. The summed E-state index contributed by atoms with van der Waals surface area (Å²) in [6.45, 7) is 0. The highest BCUT2D eigenvalue weighted by Crippen LogP contribution is 2.34. The van der Waals surface area contributed by atoms with E-state index in [0.29, 0.717) is 5.69 Å². The van der Waals surface area contributed by atoms with Gasteiger partial charge in [0.15, 0.2) is 6.17 Å². The molecule has 1 heterocycles. The summed E-state index contributed by atoms with van der Waals surface area (Å²) in [5, 5.41) is 0. The molecular weight excluding hydrogens is 363 g/mol. The number of imide groups is 1. The molecule has 0 radical (unpaired) electrons. The minimum absolute atomic E-state index is 0.0891. The Morgan fingerprint density at radius 2 is 1.70 bits per heavy atom. The van der Waals surface area contributed by atoms with Crippen molar-refractivity contribution < 1.29 is 9.59 Å². The van der Waals surface area contributed by atoms with Gasteiger partial charge in [-0.25, -0.2) is 14.7 Å². The van der Waals surface area contributed by atoms with E-state index in [9.17, 15) is 9.59 Å². The Kier molecular flexibility index (Phi) is 5.20. The van der Waals surface area contributed by atoms with Crippen molar-refractivity contribution in [2.45, 2.75) is 9.96 Å². The number of halogens is 3. The second-order valence-corrected chi connectivity index (χ2v) is 7.52. The number of hydrogen-bond acceptors (Lipinski definition) is 4. The van der Waals surface area contributed by atoms with Crippen molar-refractivity contribution in [3.8, 4) is 0 Å². The molecule has 1 saturated heterocycles. The average Bonchev–Trinajstić information content (AvgIpc) is 2.68. The Morgan fingerprint density at radius 1 is 1.13 bits per heavy atom. The number of nitrogens with zero attached hydrogens (tertiary/aromatic N) is 4. The molecule has 1 aromatic carbocycles. The Morgan fingerprint density at radius 3 is 2.17 bits per heavy atom. The van der Waals surface area contributed by atoms with Gasteiger partial charge in [-0.3, -0.25) is 14.6 Å². The van der Waals surface area contributed by atoms with Gasteiger partial charge in [0.25, 0.3) is 5.91 Å². The molecule has 1 fully saturated rings. The molecule has 1 aliphatic heterocycles. The van der Waals surface area contributed by atoms with Crippen molar-refractivity contribution in [2.75, 3.05) is 26.0 Å². The third-order valence-corrected chi connectivity index (χ3v) is 3.81. The summed E-state index contributed by atoms with van der Waals surface area (Å²) in [5.74, 6) is -0.645. The fraction of sp³-hybridized carbons (Fsp3) is 0.357. The lowest BCUT2D eigenvalue weighted by Crippen LogP contribution is -2.41. The van der Waals surface area contributed by atoms with Crippen LogP contribution in [0.1, 0.15) is 0 Å². The number of urea groups is 1. The first kappa shape index (κ1) is 18.0. The zero-order chi connectivity index (χ0) is 17.4. The molecule has 1 unspecified atom stereocenters. The van der Waals surface area contributed by atoms with Crippen LogP contribution in [0.5, 0.6) is 0 Å². The van der Waals surface area contributed by atoms with E-state index in [1.807, 2.05) is 0 Å². The first-order valence-corrected chi connectivity index (χ1v) is 7.76. The van der Waals surface area contributed by atoms with E-state index in [4.69, 9.17) is 34.8 Å². The van der Waals surface area contributed by atoms with E-state index in [1.54, 1.807) is 49.3 Å². The highest BCUT2D eigenvalue weighted by Gasteiger charge is 2.44. The van der Waals surface area contributed by atoms with Gasteiger partial charge in [0.1, 0.15) is 0 Å². The smallest absolute Gasteiger partial charge is 0.284 e. The number of rotatable bonds is 3. The molecule has 2 rings (SSSR count). The maximum absolute atomic E-state index is 12.4. The second kappa shape index (κ2) is 6.65. The number of amidine groups is 1. The van der Waals surface area contributed by atoms with Crippen LogP contribution in [0.15, 0.2) is 35.3 Å². The molecule has 23 heavy (non-hydrogen) atoms. The van der Waals surface area contributed by atoms with Crippen LogP contribution in [0.4, 0.5) is 10.5 Å². The zero-order valence-electron chi connectivity index (χ0n) is 12.7. The standard InChI is InChI=1S/C14H15Cl3N4O2/c1-19(2)12(14(15,16)17)18-10-11(22)20(3)13(23)21(10)9-7-5-4-6-8-9/h4-8,12H,1-3H3. The summed E-state index contributed by atoms with van der Waals surface area (Å²) in [6.07, 6.45) is -0.933. The van der Waals surface area contributed by atoms with E-state index >= 15 is 0 Å². The largest absolute Gasteiger partial charge is 0.337 e. The summed E-state index contributed by atoms with van der Waals surface area (Å²) < 4.78 is -1.76. The number of para-hydroxylation sites is 1. The van der Waals surface area contributed by atoms with Gasteiger partial charge < -0.3 is 0 Å². The number of amides is 3. The quantitative estimate of drug-likeness (QED) is 0.601. The van der Waals surface area contributed by atoms with E-state index in [0.717, 1.165) is 4.90 Å². The Hall–Kier alpha value is -1.34. The van der Waals surface area contributed by atoms with Crippen molar-refractivity contribution in [3.05, 3.63) is 30.3 Å². The van der Waals surface area contributed by atoms with E-state index < -0.39 is 21.9 Å². The van der Waals surface area contributed by atoms with Gasteiger partial charge in [0, 0.05) is 7.05 Å². The molecule has 0 aliphatic carbocycles. The van der Waals surface area contributed by atoms with Gasteiger partial charge in [-0.05, 0) is 26.2 Å². The molecule has 1 atom stereocenters. The Labute approximate surface area is 149 Å². The van der Waals surface area contributed by atoms with E-state index in [1.165, 1.54) is 11.9 Å². The van der Waals surface area contributed by atoms with Gasteiger partial charge >= 0.3 is 6.03 Å². The van der Waals surface area contributed by atoms with Crippen LogP contribution in [-0.2, 0) is 4.79 Å². The van der Waals surface area contributed by atoms with Gasteiger partial charge in [-0.15, -0.1) is 0 Å². The lowest BCUT2D eigenvalue weighted by molar-refractivity contribution is -0.119. The molecule has 6 nitrogen and oxygen atoms in total. The number of anilines is 1. The van der Waals surface area contributed by atoms with Gasteiger partial charge in [0.2, 0.25) is 9.63 Å². The number of carbonyl (C=O) groups is 2. The minimum Gasteiger partial charge on any atom is -0.284 e. The predicted octanol–water partition coefficient (Wildman–Crippen LogP) is 2.74. The van der Waals surface area contributed by atoms with Crippen LogP contribution in [0.2, 0.25) is 0 Å². The predicted molar refractivity (Wildman–Crippen MR) is 92.3 cm³/mol. The molecule has 9 heteroatoms. The number of likely N-dealkylation sites (N-methyl/N-ethyl adjacent to an activating group) is 1. The fourth-order valence-electron chi connectivity index (χ4n) is 2.09. The lowest BCUT2D eigenvalue weighted by atomic mass is 10.3. The zero-order valence-corrected chi connectivity index (χ0v) is 15.0. The van der Waals surface area contributed by atoms with Gasteiger partial charge in [-0.2, -0.15) is 0 Å². The lowest BCUT2D eigenvalue weighted by Gasteiger charge is -2.27. The number of aliphatic imine (C=N–C) groups is 1. The van der Waals surface area contributed by atoms with Crippen LogP contribution in [0, 0.1) is 0 Å². The molecule has 1 aliphatic rings. The molecule has 0 saturated carbocycles. The van der Waals surface area contributed by atoms with Crippen LogP contribution >= 0.6 is 34.8 Å². The topological polar surface area (TPSA) is 56.2 Å². The van der Waals surface area contributed by atoms with Crippen LogP contribution in [0.3, 0.4) is 0 Å². The van der Waals surface area contributed by atoms with Crippen LogP contribution in [0.25, 0.3) is 0 Å². The highest BCUT2D eigenvalue weighted by molar-refractivity contribution is 6.68. The van der Waals surface area contributed by atoms with Crippen LogP contribution < -0.4 is 4.90 Å². The van der Waals surface area contributed by atoms with Gasteiger partial charge in [0.05, 0.1) is 5.69 Å². The Balaban J connectivity index is 2.54.